The Hall–Kier alpha value is -2.20. The molecule has 0 aromatic heterocycles. The predicted octanol–water partition coefficient (Wildman–Crippen LogP) is -1.75. The van der Waals surface area contributed by atoms with E-state index in [9.17, 15) is 29.4 Å². The van der Waals surface area contributed by atoms with Crippen LogP contribution in [0.5, 0.6) is 0 Å². The largest absolute Gasteiger partial charge is 0.467 e. The van der Waals surface area contributed by atoms with Crippen molar-refractivity contribution in [3.63, 3.8) is 0 Å². The Kier molecular flexibility index (Phi) is 7.76. The van der Waals surface area contributed by atoms with Crippen LogP contribution in [0, 0.1) is 5.92 Å². The second kappa shape index (κ2) is 9.83. The van der Waals surface area contributed by atoms with Crippen molar-refractivity contribution >= 4 is 23.7 Å². The molecule has 0 aromatic rings. The zero-order chi connectivity index (χ0) is 20.8. The first kappa shape index (κ1) is 22.1. The summed E-state index contributed by atoms with van der Waals surface area (Å²) in [4.78, 5) is 52.6. The third-order valence-corrected chi connectivity index (χ3v) is 5.34. The van der Waals surface area contributed by atoms with E-state index < -0.39 is 42.5 Å². The molecule has 10 nitrogen and oxygen atoms in total. The minimum atomic E-state index is -1.19. The molecule has 3 N–H and O–H groups in total. The average molecular weight is 399 g/mol. The fourth-order valence-corrected chi connectivity index (χ4v) is 3.73. The third-order valence-electron chi connectivity index (χ3n) is 5.34. The first-order valence-electron chi connectivity index (χ1n) is 9.56. The van der Waals surface area contributed by atoms with E-state index in [1.165, 1.54) is 9.80 Å². The second-order valence-corrected chi connectivity index (χ2v) is 7.23. The molecule has 4 atom stereocenters. The van der Waals surface area contributed by atoms with Crippen molar-refractivity contribution in [3.8, 4) is 0 Å². The number of rotatable bonds is 7. The van der Waals surface area contributed by atoms with E-state index in [-0.39, 0.29) is 18.4 Å². The van der Waals surface area contributed by atoms with Gasteiger partial charge >= 0.3 is 5.97 Å². The first-order chi connectivity index (χ1) is 13.3. The number of carbonyl (C=O) groups is 4. The molecule has 0 radical (unpaired) electrons. The van der Waals surface area contributed by atoms with Gasteiger partial charge in [0, 0.05) is 13.1 Å². The van der Waals surface area contributed by atoms with Crippen LogP contribution in [0.4, 0.5) is 0 Å². The molecule has 10 heteroatoms. The topological polar surface area (TPSA) is 136 Å². The Labute approximate surface area is 163 Å². The maximum atomic E-state index is 13.1. The SMILES string of the molecule is COC(=O)[C@H](CO)NC(=O)[C@@H]1CCCN1C(=O)[C@@H]1CCCN1C(=O)C(C)CO. The van der Waals surface area contributed by atoms with Crippen molar-refractivity contribution < 1.29 is 34.1 Å². The van der Waals surface area contributed by atoms with E-state index in [4.69, 9.17) is 0 Å². The van der Waals surface area contributed by atoms with E-state index in [2.05, 4.69) is 10.1 Å². The molecule has 0 saturated carbocycles. The summed E-state index contributed by atoms with van der Waals surface area (Å²) in [6.45, 7) is 1.53. The number of hydrogen-bond acceptors (Lipinski definition) is 7. The molecule has 2 aliphatic rings. The maximum Gasteiger partial charge on any atom is 0.330 e. The van der Waals surface area contributed by atoms with Gasteiger partial charge in [-0.05, 0) is 25.7 Å². The highest BCUT2D eigenvalue weighted by Gasteiger charge is 2.43. The van der Waals surface area contributed by atoms with Crippen LogP contribution in [0.2, 0.25) is 0 Å². The number of esters is 1. The van der Waals surface area contributed by atoms with Crippen LogP contribution in [0.3, 0.4) is 0 Å². The lowest BCUT2D eigenvalue weighted by Gasteiger charge is -2.32. The number of ether oxygens (including phenoxy) is 1. The molecule has 1 unspecified atom stereocenters. The van der Waals surface area contributed by atoms with Crippen LogP contribution in [0.25, 0.3) is 0 Å². The van der Waals surface area contributed by atoms with Gasteiger partial charge in [-0.15, -0.1) is 0 Å². The molecule has 2 heterocycles. The molecule has 28 heavy (non-hydrogen) atoms. The smallest absolute Gasteiger partial charge is 0.330 e. The summed E-state index contributed by atoms with van der Waals surface area (Å²) in [5.41, 5.74) is 0. The number of aliphatic hydroxyl groups is 2. The fraction of sp³-hybridized carbons (Fsp3) is 0.778. The number of aliphatic hydroxyl groups excluding tert-OH is 2. The number of nitrogens with zero attached hydrogens (tertiary/aromatic N) is 2. The van der Waals surface area contributed by atoms with E-state index in [0.29, 0.717) is 38.8 Å². The Morgan fingerprint density at radius 3 is 2.21 bits per heavy atom. The second-order valence-electron chi connectivity index (χ2n) is 7.23. The van der Waals surface area contributed by atoms with Gasteiger partial charge in [-0.25, -0.2) is 4.79 Å². The molecule has 0 aromatic carbocycles. The Morgan fingerprint density at radius 2 is 1.64 bits per heavy atom. The van der Waals surface area contributed by atoms with Gasteiger partial charge in [0.05, 0.1) is 26.2 Å². The molecule has 2 aliphatic heterocycles. The molecule has 2 rings (SSSR count). The Morgan fingerprint density at radius 1 is 1.04 bits per heavy atom. The number of methoxy groups -OCH3 is 1. The highest BCUT2D eigenvalue weighted by Crippen LogP contribution is 2.26. The quantitative estimate of drug-likeness (QED) is 0.432. The summed E-state index contributed by atoms with van der Waals surface area (Å²) in [6.07, 6.45) is 2.25. The number of hydrogen-bond donors (Lipinski definition) is 3. The van der Waals surface area contributed by atoms with Crippen molar-refractivity contribution in [1.82, 2.24) is 15.1 Å². The van der Waals surface area contributed by atoms with E-state index >= 15 is 0 Å². The molecule has 3 amide bonds. The molecule has 0 spiro atoms. The van der Waals surface area contributed by atoms with Crippen LogP contribution in [0.15, 0.2) is 0 Å². The van der Waals surface area contributed by atoms with Gasteiger partial charge in [0.2, 0.25) is 17.7 Å². The molecular formula is C18H29N3O7. The minimum absolute atomic E-state index is 0.274. The summed E-state index contributed by atoms with van der Waals surface area (Å²) in [5, 5.41) is 20.9. The van der Waals surface area contributed by atoms with Crippen molar-refractivity contribution in [2.24, 2.45) is 5.92 Å². The third kappa shape index (κ3) is 4.61. The van der Waals surface area contributed by atoms with Crippen LogP contribution in [0.1, 0.15) is 32.6 Å². The normalized spacial score (nSPS) is 24.0. The Balaban J connectivity index is 2.08. The number of nitrogens with one attached hydrogen (secondary N) is 1. The molecule has 158 valence electrons. The van der Waals surface area contributed by atoms with Crippen LogP contribution in [-0.2, 0) is 23.9 Å². The van der Waals surface area contributed by atoms with E-state index in [1.807, 2.05) is 0 Å². The first-order valence-corrected chi connectivity index (χ1v) is 9.56. The van der Waals surface area contributed by atoms with Gasteiger partial charge in [-0.2, -0.15) is 0 Å². The fourth-order valence-electron chi connectivity index (χ4n) is 3.73. The van der Waals surface area contributed by atoms with Gasteiger partial charge in [0.25, 0.3) is 0 Å². The lowest BCUT2D eigenvalue weighted by Crippen LogP contribution is -2.56. The van der Waals surface area contributed by atoms with E-state index in [0.717, 1.165) is 7.11 Å². The van der Waals surface area contributed by atoms with Crippen LogP contribution >= 0.6 is 0 Å². The van der Waals surface area contributed by atoms with Crippen molar-refractivity contribution in [1.29, 1.82) is 0 Å². The summed E-state index contributed by atoms with van der Waals surface area (Å²) < 4.78 is 4.54. The van der Waals surface area contributed by atoms with Gasteiger partial charge in [-0.3, -0.25) is 14.4 Å². The maximum absolute atomic E-state index is 13.1. The van der Waals surface area contributed by atoms with Gasteiger partial charge in [0.15, 0.2) is 6.04 Å². The van der Waals surface area contributed by atoms with Crippen molar-refractivity contribution in [2.75, 3.05) is 33.4 Å². The number of likely N-dealkylation sites (tertiary alicyclic amines) is 2. The molecular weight excluding hydrogens is 370 g/mol. The van der Waals surface area contributed by atoms with Gasteiger partial charge in [-0.1, -0.05) is 6.92 Å². The summed E-state index contributed by atoms with van der Waals surface area (Å²) in [6, 6.07) is -2.60. The minimum Gasteiger partial charge on any atom is -0.467 e. The highest BCUT2D eigenvalue weighted by molar-refractivity contribution is 5.94. The summed E-state index contributed by atoms with van der Waals surface area (Å²) >= 11 is 0. The van der Waals surface area contributed by atoms with E-state index in [1.54, 1.807) is 6.92 Å². The molecule has 0 aliphatic carbocycles. The standard InChI is InChI=1S/C18H29N3O7/c1-11(9-22)16(25)21-8-4-6-14(21)17(26)20-7-3-5-13(20)15(24)19-12(10-23)18(27)28-2/h11-14,22-23H,3-10H2,1-2H3,(H,19,24)/t11?,12-,13-,14-/m0/s1. The molecule has 2 fully saturated rings. The number of amides is 3. The lowest BCUT2D eigenvalue weighted by molar-refractivity contribution is -0.150. The van der Waals surface area contributed by atoms with Crippen LogP contribution in [-0.4, -0.2) is 95.2 Å². The summed E-state index contributed by atoms with van der Waals surface area (Å²) in [5.74, 6) is -2.46. The molecule has 2 saturated heterocycles. The number of carbonyl (C=O) groups excluding carboxylic acids is 4. The van der Waals surface area contributed by atoms with Crippen molar-refractivity contribution in [3.05, 3.63) is 0 Å². The zero-order valence-electron chi connectivity index (χ0n) is 16.3. The van der Waals surface area contributed by atoms with Gasteiger partial charge < -0.3 is 30.1 Å². The van der Waals surface area contributed by atoms with Gasteiger partial charge in [0.1, 0.15) is 12.1 Å². The predicted molar refractivity (Wildman–Crippen MR) is 96.8 cm³/mol. The van der Waals surface area contributed by atoms with Crippen molar-refractivity contribution in [2.45, 2.75) is 50.7 Å². The Bertz CT molecular complexity index is 612. The monoisotopic (exact) mass is 399 g/mol. The van der Waals surface area contributed by atoms with Crippen LogP contribution < -0.4 is 5.32 Å². The molecule has 0 bridgehead atoms. The lowest BCUT2D eigenvalue weighted by atomic mass is 10.1. The highest BCUT2D eigenvalue weighted by atomic mass is 16.5. The average Bonchev–Trinajstić information content (AvgIpc) is 3.39. The summed E-state index contributed by atoms with van der Waals surface area (Å²) in [7, 11) is 1.15. The zero-order valence-corrected chi connectivity index (χ0v) is 16.3.